The number of carbonyl (C=O) groups is 1. The molecule has 0 amide bonds. The first-order valence-electron chi connectivity index (χ1n) is 12.6. The second-order valence-corrected chi connectivity index (χ2v) is 10.9. The maximum Gasteiger partial charge on any atom is 0.459 e. The van der Waals surface area contributed by atoms with Crippen LogP contribution in [0.25, 0.3) is 5.52 Å². The second kappa shape index (κ2) is 12.3. The summed E-state index contributed by atoms with van der Waals surface area (Å²) in [6.07, 6.45) is -2.04. The normalized spacial score (nSPS) is 24.7. The lowest BCUT2D eigenvalue weighted by atomic mass is 9.92. The fourth-order valence-corrected chi connectivity index (χ4v) is 5.67. The third-order valence-electron chi connectivity index (χ3n) is 6.31. The van der Waals surface area contributed by atoms with Crippen LogP contribution >= 0.6 is 7.75 Å². The van der Waals surface area contributed by atoms with Crippen molar-refractivity contribution in [2.24, 2.45) is 0 Å². The molecule has 0 aliphatic carbocycles. The fraction of sp³-hybridized carbons (Fsp3) is 0.440. The van der Waals surface area contributed by atoms with Gasteiger partial charge in [-0.15, -0.1) is 0 Å². The molecule has 1 aliphatic rings. The molecule has 214 valence electrons. The summed E-state index contributed by atoms with van der Waals surface area (Å²) >= 11 is 0. The number of fused-ring (bicyclic) bond motifs is 1. The van der Waals surface area contributed by atoms with Gasteiger partial charge in [0.15, 0.2) is 5.82 Å². The number of ether oxygens (including phenoxy) is 2. The van der Waals surface area contributed by atoms with Crippen LogP contribution in [0.3, 0.4) is 0 Å². The first-order valence-corrected chi connectivity index (χ1v) is 14.2. The first-order chi connectivity index (χ1) is 19.1. The minimum atomic E-state index is -4.29. The Kier molecular flexibility index (Phi) is 9.05. The molecule has 1 saturated heterocycles. The van der Waals surface area contributed by atoms with E-state index >= 15 is 0 Å². The number of rotatable bonds is 12. The summed E-state index contributed by atoms with van der Waals surface area (Å²) in [5, 5.41) is 38.5. The highest BCUT2D eigenvalue weighted by molar-refractivity contribution is 7.52. The van der Waals surface area contributed by atoms with E-state index in [-0.39, 0.29) is 23.9 Å². The molecule has 1 aliphatic heterocycles. The van der Waals surface area contributed by atoms with Gasteiger partial charge in [-0.25, -0.2) is 14.1 Å². The summed E-state index contributed by atoms with van der Waals surface area (Å²) in [4.78, 5) is 16.3. The van der Waals surface area contributed by atoms with Gasteiger partial charge < -0.3 is 29.9 Å². The van der Waals surface area contributed by atoms with Crippen LogP contribution in [0.5, 0.6) is 5.75 Å². The SMILES string of the molecule is CCCCOC(=O)[C@H](C)N[P@](=O)(OC[C@H]1O[C@@](C#N)(c2ccc3c(N)ncnn23)[C@H](O)[C@@H]1O)Oc1ccccc1. The third kappa shape index (κ3) is 5.95. The van der Waals surface area contributed by atoms with Crippen molar-refractivity contribution in [3.8, 4) is 11.8 Å². The van der Waals surface area contributed by atoms with Crippen LogP contribution in [-0.4, -0.2) is 68.3 Å². The van der Waals surface area contributed by atoms with E-state index in [1.54, 1.807) is 36.4 Å². The number of nitriles is 1. The lowest BCUT2D eigenvalue weighted by Crippen LogP contribution is -2.41. The Hall–Kier alpha value is -3.57. The van der Waals surface area contributed by atoms with E-state index in [1.165, 1.54) is 23.8 Å². The number of aliphatic hydroxyl groups excluding tert-OH is 2. The molecule has 0 bridgehead atoms. The molecule has 0 radical (unpaired) electrons. The van der Waals surface area contributed by atoms with Gasteiger partial charge in [-0.2, -0.15) is 15.4 Å². The van der Waals surface area contributed by atoms with Crippen molar-refractivity contribution >= 4 is 25.1 Å². The Bertz CT molecular complexity index is 1420. The maximum absolute atomic E-state index is 13.8. The van der Waals surface area contributed by atoms with Gasteiger partial charge in [-0.3, -0.25) is 9.32 Å². The largest absolute Gasteiger partial charge is 0.465 e. The van der Waals surface area contributed by atoms with Crippen LogP contribution in [0.15, 0.2) is 48.8 Å². The van der Waals surface area contributed by atoms with E-state index in [0.29, 0.717) is 11.9 Å². The minimum absolute atomic E-state index is 0.0958. The van der Waals surface area contributed by atoms with Gasteiger partial charge in [-0.1, -0.05) is 31.5 Å². The number of para-hydroxylation sites is 1. The summed E-state index contributed by atoms with van der Waals surface area (Å²) < 4.78 is 37.3. The van der Waals surface area contributed by atoms with Crippen molar-refractivity contribution in [3.05, 3.63) is 54.5 Å². The number of hydrogen-bond donors (Lipinski definition) is 4. The zero-order valence-corrected chi connectivity index (χ0v) is 22.8. The highest BCUT2D eigenvalue weighted by atomic mass is 31.2. The van der Waals surface area contributed by atoms with Crippen LogP contribution in [0.4, 0.5) is 5.82 Å². The predicted octanol–water partition coefficient (Wildman–Crippen LogP) is 1.68. The first kappa shape index (κ1) is 29.4. The Morgan fingerprint density at radius 1 is 1.32 bits per heavy atom. The van der Waals surface area contributed by atoms with Crippen molar-refractivity contribution in [3.63, 3.8) is 0 Å². The van der Waals surface area contributed by atoms with Crippen molar-refractivity contribution in [2.75, 3.05) is 18.9 Å². The van der Waals surface area contributed by atoms with E-state index in [4.69, 9.17) is 24.3 Å². The molecule has 1 fully saturated rings. The molecule has 3 heterocycles. The van der Waals surface area contributed by atoms with Crippen molar-refractivity contribution in [1.29, 1.82) is 5.26 Å². The van der Waals surface area contributed by atoms with Crippen LogP contribution in [0, 0.1) is 11.3 Å². The van der Waals surface area contributed by atoms with Crippen LogP contribution < -0.4 is 15.3 Å². The smallest absolute Gasteiger partial charge is 0.459 e. The number of aliphatic hydroxyl groups is 2. The number of carbonyl (C=O) groups excluding carboxylic acids is 1. The van der Waals surface area contributed by atoms with Gasteiger partial charge in [0.2, 0.25) is 5.60 Å². The highest BCUT2D eigenvalue weighted by Crippen LogP contribution is 2.47. The Morgan fingerprint density at radius 3 is 2.77 bits per heavy atom. The molecule has 4 rings (SSSR count). The quantitative estimate of drug-likeness (QED) is 0.138. The minimum Gasteiger partial charge on any atom is -0.465 e. The van der Waals surface area contributed by atoms with Crippen LogP contribution in [0.1, 0.15) is 32.4 Å². The number of nitrogens with two attached hydrogens (primary N) is 1. The van der Waals surface area contributed by atoms with E-state index < -0.39 is 50.3 Å². The predicted molar refractivity (Wildman–Crippen MR) is 141 cm³/mol. The number of nitrogen functional groups attached to an aromatic ring is 1. The van der Waals surface area contributed by atoms with E-state index in [2.05, 4.69) is 15.2 Å². The Morgan fingerprint density at radius 2 is 2.08 bits per heavy atom. The van der Waals surface area contributed by atoms with Gasteiger partial charge in [0.1, 0.15) is 48.0 Å². The number of unbranched alkanes of at least 4 members (excludes halogenated alkanes) is 1. The molecular weight excluding hydrogens is 543 g/mol. The van der Waals surface area contributed by atoms with Gasteiger partial charge >= 0.3 is 13.7 Å². The lowest BCUT2D eigenvalue weighted by Gasteiger charge is -2.25. The molecule has 0 spiro atoms. The van der Waals surface area contributed by atoms with Crippen molar-refractivity contribution in [1.82, 2.24) is 19.7 Å². The van der Waals surface area contributed by atoms with Gasteiger partial charge in [0.25, 0.3) is 0 Å². The summed E-state index contributed by atoms with van der Waals surface area (Å²) in [7, 11) is -4.29. The molecule has 1 aromatic carbocycles. The highest BCUT2D eigenvalue weighted by Gasteiger charge is 2.58. The molecule has 0 unspecified atom stereocenters. The molecule has 5 N–H and O–H groups in total. The van der Waals surface area contributed by atoms with Gasteiger partial charge in [-0.05, 0) is 37.6 Å². The number of nitrogens with one attached hydrogen (secondary N) is 1. The van der Waals surface area contributed by atoms with Gasteiger partial charge in [0, 0.05) is 0 Å². The topological polar surface area (TPSA) is 204 Å². The average Bonchev–Trinajstić information content (AvgIpc) is 3.49. The molecule has 6 atom stereocenters. The summed E-state index contributed by atoms with van der Waals surface area (Å²) in [5.41, 5.74) is 4.27. The van der Waals surface area contributed by atoms with E-state index in [9.17, 15) is 24.8 Å². The Labute approximate surface area is 230 Å². The number of anilines is 1. The monoisotopic (exact) mass is 574 g/mol. The van der Waals surface area contributed by atoms with E-state index in [1.807, 2.05) is 13.0 Å². The van der Waals surface area contributed by atoms with Crippen LogP contribution in [0.2, 0.25) is 0 Å². The molecular formula is C25H31N6O8P. The van der Waals surface area contributed by atoms with Crippen molar-refractivity contribution in [2.45, 2.75) is 56.6 Å². The van der Waals surface area contributed by atoms with E-state index in [0.717, 1.165) is 6.42 Å². The summed E-state index contributed by atoms with van der Waals surface area (Å²) in [6.45, 7) is 3.00. The number of benzene rings is 1. The number of hydrogen-bond acceptors (Lipinski definition) is 12. The molecule has 0 saturated carbocycles. The number of esters is 1. The lowest BCUT2D eigenvalue weighted by molar-refractivity contribution is -0.145. The number of aromatic nitrogens is 3. The van der Waals surface area contributed by atoms with Crippen molar-refractivity contribution < 1.29 is 38.1 Å². The molecule has 15 heteroatoms. The number of nitrogens with zero attached hydrogens (tertiary/aromatic N) is 4. The third-order valence-corrected chi connectivity index (χ3v) is 7.96. The Balaban J connectivity index is 1.55. The molecule has 14 nitrogen and oxygen atoms in total. The van der Waals surface area contributed by atoms with Gasteiger partial charge in [0.05, 0.1) is 18.9 Å². The second-order valence-electron chi connectivity index (χ2n) is 9.17. The standard InChI is InChI=1S/C25H31N6O8P/c1-3-4-12-36-24(34)16(2)30-40(35,39-17-8-6-5-7-9-17)37-13-19-21(32)22(33)25(14-26,38-19)20-11-10-18-23(27)28-15-29-31(18)20/h5-11,15-16,19,21-22,32-33H,3-4,12-13H2,1-2H3,(H,30,35)(H2,27,28,29)/t16-,19+,21+,22+,25-,40-/m0/s1. The summed E-state index contributed by atoms with van der Waals surface area (Å²) in [5.74, 6) is -0.345. The zero-order chi connectivity index (χ0) is 28.9. The average molecular weight is 575 g/mol. The fourth-order valence-electron chi connectivity index (χ4n) is 4.16. The molecule has 40 heavy (non-hydrogen) atoms. The van der Waals surface area contributed by atoms with Crippen LogP contribution in [-0.2, 0) is 29.0 Å². The summed E-state index contributed by atoms with van der Waals surface area (Å²) in [6, 6.07) is 12.0. The molecule has 3 aromatic rings. The maximum atomic E-state index is 13.8. The zero-order valence-electron chi connectivity index (χ0n) is 21.9. The molecule has 2 aromatic heterocycles.